The van der Waals surface area contributed by atoms with E-state index in [1.807, 2.05) is 18.2 Å². The minimum Gasteiger partial charge on any atom is -0.497 e. The predicted molar refractivity (Wildman–Crippen MR) is 100 cm³/mol. The van der Waals surface area contributed by atoms with Crippen molar-refractivity contribution in [2.45, 2.75) is 18.9 Å². The van der Waals surface area contributed by atoms with Crippen LogP contribution in [0.25, 0.3) is 0 Å². The van der Waals surface area contributed by atoms with Crippen molar-refractivity contribution in [2.75, 3.05) is 25.5 Å². The molecule has 0 aliphatic carbocycles. The Morgan fingerprint density at radius 1 is 1.12 bits per heavy atom. The van der Waals surface area contributed by atoms with Gasteiger partial charge in [0.2, 0.25) is 5.91 Å². The van der Waals surface area contributed by atoms with Crippen LogP contribution in [0.5, 0.6) is 5.75 Å². The fourth-order valence-corrected chi connectivity index (χ4v) is 3.26. The van der Waals surface area contributed by atoms with Gasteiger partial charge in [-0.05, 0) is 49.2 Å². The minimum absolute atomic E-state index is 0.204. The third-order valence-electron chi connectivity index (χ3n) is 4.50. The molecular weight excluding hydrogens is 330 g/mol. The zero-order valence-electron chi connectivity index (χ0n) is 14.8. The summed E-state index contributed by atoms with van der Waals surface area (Å²) in [6.45, 7) is 1.06. The Bertz CT molecular complexity index is 747. The van der Waals surface area contributed by atoms with Crippen LogP contribution in [0.3, 0.4) is 0 Å². The standard InChI is InChI=1S/C20H23N3O3/c1-26-17-11-9-16(10-12-17)21-20(25)22-19(24)14-23-13-5-8-18(23)15-6-3-2-4-7-15/h2-4,6-7,9-12,18H,5,8,13-14H2,1H3,(H2,21,22,24,25). The zero-order valence-corrected chi connectivity index (χ0v) is 14.8. The highest BCUT2D eigenvalue weighted by Crippen LogP contribution is 2.31. The Morgan fingerprint density at radius 3 is 2.54 bits per heavy atom. The fraction of sp³-hybridized carbons (Fsp3) is 0.300. The summed E-state index contributed by atoms with van der Waals surface area (Å²) in [5, 5.41) is 5.04. The van der Waals surface area contributed by atoms with Crippen molar-refractivity contribution in [1.82, 2.24) is 10.2 Å². The van der Waals surface area contributed by atoms with Crippen molar-refractivity contribution in [1.29, 1.82) is 0 Å². The van der Waals surface area contributed by atoms with Gasteiger partial charge < -0.3 is 10.1 Å². The number of anilines is 1. The third kappa shape index (κ3) is 4.61. The lowest BCUT2D eigenvalue weighted by atomic mass is 10.0. The van der Waals surface area contributed by atoms with Gasteiger partial charge in [0.1, 0.15) is 5.75 Å². The van der Waals surface area contributed by atoms with Gasteiger partial charge in [0.25, 0.3) is 0 Å². The largest absolute Gasteiger partial charge is 0.497 e. The summed E-state index contributed by atoms with van der Waals surface area (Å²) >= 11 is 0. The average Bonchev–Trinajstić information content (AvgIpc) is 3.11. The molecule has 0 bridgehead atoms. The Kier molecular flexibility index (Phi) is 5.86. The van der Waals surface area contributed by atoms with E-state index < -0.39 is 6.03 Å². The SMILES string of the molecule is COc1ccc(NC(=O)NC(=O)CN2CCCC2c2ccccc2)cc1. The van der Waals surface area contributed by atoms with Gasteiger partial charge in [0.15, 0.2) is 0 Å². The summed E-state index contributed by atoms with van der Waals surface area (Å²) in [7, 11) is 1.58. The number of carbonyl (C=O) groups is 2. The van der Waals surface area contributed by atoms with Gasteiger partial charge in [-0.2, -0.15) is 0 Å². The monoisotopic (exact) mass is 353 g/mol. The first-order valence-corrected chi connectivity index (χ1v) is 8.69. The number of methoxy groups -OCH3 is 1. The van der Waals surface area contributed by atoms with E-state index in [9.17, 15) is 9.59 Å². The van der Waals surface area contributed by atoms with Crippen LogP contribution < -0.4 is 15.4 Å². The minimum atomic E-state index is -0.532. The van der Waals surface area contributed by atoms with E-state index in [1.165, 1.54) is 5.56 Å². The number of benzene rings is 2. The highest BCUT2D eigenvalue weighted by Gasteiger charge is 2.27. The molecule has 3 amide bonds. The van der Waals surface area contributed by atoms with E-state index in [2.05, 4.69) is 27.7 Å². The first-order chi connectivity index (χ1) is 12.7. The van der Waals surface area contributed by atoms with Gasteiger partial charge in [0, 0.05) is 11.7 Å². The Labute approximate surface area is 153 Å². The molecule has 1 aliphatic heterocycles. The van der Waals surface area contributed by atoms with Crippen LogP contribution in [-0.4, -0.2) is 37.0 Å². The molecule has 26 heavy (non-hydrogen) atoms. The van der Waals surface area contributed by atoms with Gasteiger partial charge in [0.05, 0.1) is 13.7 Å². The topological polar surface area (TPSA) is 70.7 Å². The zero-order chi connectivity index (χ0) is 18.4. The number of ether oxygens (including phenoxy) is 1. The number of imide groups is 1. The molecule has 1 unspecified atom stereocenters. The maximum absolute atomic E-state index is 12.2. The van der Waals surface area contributed by atoms with E-state index in [1.54, 1.807) is 31.4 Å². The highest BCUT2D eigenvalue weighted by atomic mass is 16.5. The second kappa shape index (κ2) is 8.49. The van der Waals surface area contributed by atoms with Crippen LogP contribution in [0, 0.1) is 0 Å². The molecule has 0 saturated carbocycles. The lowest BCUT2D eigenvalue weighted by molar-refractivity contribution is -0.121. The number of amides is 3. The number of hydrogen-bond donors (Lipinski definition) is 2. The lowest BCUT2D eigenvalue weighted by Crippen LogP contribution is -2.41. The number of carbonyl (C=O) groups excluding carboxylic acids is 2. The normalized spacial score (nSPS) is 16.9. The van der Waals surface area contributed by atoms with Crippen LogP contribution in [0.2, 0.25) is 0 Å². The molecule has 3 rings (SSSR count). The Balaban J connectivity index is 1.52. The summed E-state index contributed by atoms with van der Waals surface area (Å²) in [5.74, 6) is 0.395. The van der Waals surface area contributed by atoms with Crippen molar-refractivity contribution in [3.8, 4) is 5.75 Å². The fourth-order valence-electron chi connectivity index (χ4n) is 3.26. The van der Waals surface area contributed by atoms with E-state index >= 15 is 0 Å². The molecule has 6 nitrogen and oxygen atoms in total. The summed E-state index contributed by atoms with van der Waals surface area (Å²) < 4.78 is 5.07. The van der Waals surface area contributed by atoms with Crippen molar-refractivity contribution < 1.29 is 14.3 Å². The molecule has 1 fully saturated rings. The number of rotatable bonds is 5. The van der Waals surface area contributed by atoms with Crippen LogP contribution in [-0.2, 0) is 4.79 Å². The first-order valence-electron chi connectivity index (χ1n) is 8.69. The van der Waals surface area contributed by atoms with E-state index in [4.69, 9.17) is 4.74 Å². The quantitative estimate of drug-likeness (QED) is 0.866. The maximum Gasteiger partial charge on any atom is 0.325 e. The molecule has 2 aromatic carbocycles. The number of urea groups is 1. The molecule has 6 heteroatoms. The summed E-state index contributed by atoms with van der Waals surface area (Å²) in [5.41, 5.74) is 1.81. The average molecular weight is 353 g/mol. The van der Waals surface area contributed by atoms with Crippen LogP contribution in [0.1, 0.15) is 24.4 Å². The predicted octanol–water partition coefficient (Wildman–Crippen LogP) is 3.18. The number of hydrogen-bond acceptors (Lipinski definition) is 4. The summed E-state index contributed by atoms with van der Waals surface area (Å²) in [4.78, 5) is 26.4. The molecule has 2 aromatic rings. The Morgan fingerprint density at radius 2 is 1.85 bits per heavy atom. The molecule has 1 saturated heterocycles. The van der Waals surface area contributed by atoms with Gasteiger partial charge in [-0.15, -0.1) is 0 Å². The molecule has 1 aliphatic rings. The molecule has 1 heterocycles. The third-order valence-corrected chi connectivity index (χ3v) is 4.50. The van der Waals surface area contributed by atoms with Crippen LogP contribution >= 0.6 is 0 Å². The van der Waals surface area contributed by atoms with Crippen molar-refractivity contribution in [3.63, 3.8) is 0 Å². The molecular formula is C20H23N3O3. The van der Waals surface area contributed by atoms with Crippen molar-refractivity contribution in [3.05, 3.63) is 60.2 Å². The highest BCUT2D eigenvalue weighted by molar-refractivity contribution is 6.01. The van der Waals surface area contributed by atoms with E-state index in [-0.39, 0.29) is 18.5 Å². The number of nitrogens with one attached hydrogen (secondary N) is 2. The van der Waals surface area contributed by atoms with Gasteiger partial charge in [-0.1, -0.05) is 30.3 Å². The number of likely N-dealkylation sites (tertiary alicyclic amines) is 1. The molecule has 2 N–H and O–H groups in total. The molecule has 136 valence electrons. The molecule has 0 spiro atoms. The van der Waals surface area contributed by atoms with Crippen LogP contribution in [0.4, 0.5) is 10.5 Å². The Hall–Kier alpha value is -2.86. The second-order valence-electron chi connectivity index (χ2n) is 6.27. The van der Waals surface area contributed by atoms with Crippen molar-refractivity contribution in [2.24, 2.45) is 0 Å². The molecule has 1 atom stereocenters. The van der Waals surface area contributed by atoms with E-state index in [0.29, 0.717) is 11.4 Å². The van der Waals surface area contributed by atoms with Gasteiger partial charge in [-0.25, -0.2) is 4.79 Å². The maximum atomic E-state index is 12.2. The van der Waals surface area contributed by atoms with Gasteiger partial charge in [-0.3, -0.25) is 15.0 Å². The smallest absolute Gasteiger partial charge is 0.325 e. The van der Waals surface area contributed by atoms with Crippen LogP contribution in [0.15, 0.2) is 54.6 Å². The second-order valence-corrected chi connectivity index (χ2v) is 6.27. The van der Waals surface area contributed by atoms with Crippen molar-refractivity contribution >= 4 is 17.6 Å². The molecule has 0 aromatic heterocycles. The van der Waals surface area contributed by atoms with E-state index in [0.717, 1.165) is 19.4 Å². The molecule has 0 radical (unpaired) electrons. The lowest BCUT2D eigenvalue weighted by Gasteiger charge is -2.24. The first kappa shape index (κ1) is 17.9. The number of nitrogens with zero attached hydrogens (tertiary/aromatic N) is 1. The van der Waals surface area contributed by atoms with Gasteiger partial charge >= 0.3 is 6.03 Å². The summed E-state index contributed by atoms with van der Waals surface area (Å²) in [6, 6.07) is 16.8. The summed E-state index contributed by atoms with van der Waals surface area (Å²) in [6.07, 6.45) is 2.07.